The highest BCUT2D eigenvalue weighted by molar-refractivity contribution is 8.00. The average Bonchev–Trinajstić information content (AvgIpc) is 3.02. The maximum Gasteiger partial charge on any atom is 0.573 e. The van der Waals surface area contributed by atoms with Crippen LogP contribution in [0.1, 0.15) is 5.56 Å². The Kier molecular flexibility index (Phi) is 4.92. The second-order valence-corrected chi connectivity index (χ2v) is 7.53. The molecular formula is C19H17F3N4OS. The van der Waals surface area contributed by atoms with Crippen molar-refractivity contribution in [1.29, 1.82) is 0 Å². The lowest BCUT2D eigenvalue weighted by Gasteiger charge is -2.26. The molecule has 1 aliphatic heterocycles. The summed E-state index contributed by atoms with van der Waals surface area (Å²) >= 11 is 1.84. The van der Waals surface area contributed by atoms with Gasteiger partial charge in [0, 0.05) is 23.1 Å². The molecule has 9 heteroatoms. The highest BCUT2D eigenvalue weighted by Gasteiger charge is 2.31. The van der Waals surface area contributed by atoms with Crippen LogP contribution in [0.3, 0.4) is 0 Å². The fourth-order valence-corrected chi connectivity index (χ4v) is 3.34. The molecule has 1 aromatic heterocycles. The molecule has 0 unspecified atom stereocenters. The number of nitrogens with zero attached hydrogens (tertiary/aromatic N) is 3. The van der Waals surface area contributed by atoms with Gasteiger partial charge < -0.3 is 10.1 Å². The van der Waals surface area contributed by atoms with Gasteiger partial charge in [0.05, 0.1) is 5.69 Å². The fraction of sp³-hybridized carbons (Fsp3) is 0.263. The van der Waals surface area contributed by atoms with Gasteiger partial charge >= 0.3 is 6.36 Å². The van der Waals surface area contributed by atoms with Crippen LogP contribution < -0.4 is 10.1 Å². The molecule has 0 atom stereocenters. The molecule has 0 amide bonds. The predicted molar refractivity (Wildman–Crippen MR) is 103 cm³/mol. The van der Waals surface area contributed by atoms with Crippen LogP contribution in [0.4, 0.5) is 19.1 Å². The summed E-state index contributed by atoms with van der Waals surface area (Å²) in [5.74, 6) is 2.78. The first-order valence-electron chi connectivity index (χ1n) is 8.62. The smallest absolute Gasteiger partial charge is 0.406 e. The zero-order chi connectivity index (χ0) is 19.7. The van der Waals surface area contributed by atoms with Crippen molar-refractivity contribution >= 4 is 17.7 Å². The summed E-state index contributed by atoms with van der Waals surface area (Å²) in [5, 5.41) is 7.93. The number of rotatable bonds is 5. The Labute approximate surface area is 163 Å². The molecule has 4 rings (SSSR count). The third-order valence-electron chi connectivity index (χ3n) is 4.20. The minimum absolute atomic E-state index is 0.278. The van der Waals surface area contributed by atoms with Crippen LogP contribution in [0.2, 0.25) is 0 Å². The van der Waals surface area contributed by atoms with E-state index in [0.29, 0.717) is 23.5 Å². The largest absolute Gasteiger partial charge is 0.573 e. The van der Waals surface area contributed by atoms with Crippen LogP contribution in [0.25, 0.3) is 17.1 Å². The number of nitrogens with one attached hydrogen (secondary N) is 1. The Balaban J connectivity index is 1.66. The Hall–Kier alpha value is -2.68. The van der Waals surface area contributed by atoms with Crippen LogP contribution >= 0.6 is 11.8 Å². The molecule has 1 N–H and O–H groups in total. The monoisotopic (exact) mass is 406 g/mol. The maximum atomic E-state index is 12.4. The molecule has 28 heavy (non-hydrogen) atoms. The number of aromatic nitrogens is 3. The second kappa shape index (κ2) is 7.38. The number of ether oxygens (including phenoxy) is 1. The first-order chi connectivity index (χ1) is 13.4. The van der Waals surface area contributed by atoms with Gasteiger partial charge in [0.2, 0.25) is 5.95 Å². The van der Waals surface area contributed by atoms with Crippen molar-refractivity contribution in [3.63, 3.8) is 0 Å². The topological polar surface area (TPSA) is 52.0 Å². The Morgan fingerprint density at radius 1 is 1.07 bits per heavy atom. The fourth-order valence-electron chi connectivity index (χ4n) is 2.70. The van der Waals surface area contributed by atoms with Gasteiger partial charge in [-0.1, -0.05) is 29.8 Å². The lowest BCUT2D eigenvalue weighted by molar-refractivity contribution is -0.274. The van der Waals surface area contributed by atoms with Gasteiger partial charge in [-0.3, -0.25) is 0 Å². The van der Waals surface area contributed by atoms with Crippen molar-refractivity contribution in [1.82, 2.24) is 14.8 Å². The summed E-state index contributed by atoms with van der Waals surface area (Å²) in [6, 6.07) is 13.7. The molecule has 146 valence electrons. The van der Waals surface area contributed by atoms with Crippen molar-refractivity contribution in [2.45, 2.75) is 19.3 Å². The van der Waals surface area contributed by atoms with Gasteiger partial charge in [-0.2, -0.15) is 21.4 Å². The minimum Gasteiger partial charge on any atom is -0.406 e. The van der Waals surface area contributed by atoms with E-state index in [9.17, 15) is 13.2 Å². The minimum atomic E-state index is -4.72. The highest BCUT2D eigenvalue weighted by atomic mass is 32.2. The number of hydrogen-bond donors (Lipinski definition) is 1. The lowest BCUT2D eigenvalue weighted by Crippen LogP contribution is -2.34. The molecule has 2 aromatic carbocycles. The number of alkyl halides is 3. The van der Waals surface area contributed by atoms with Gasteiger partial charge in [0.15, 0.2) is 5.82 Å². The van der Waals surface area contributed by atoms with Gasteiger partial charge in [-0.25, -0.2) is 0 Å². The summed E-state index contributed by atoms with van der Waals surface area (Å²) in [6.45, 7) is 2.00. The van der Waals surface area contributed by atoms with E-state index >= 15 is 0 Å². The first kappa shape index (κ1) is 18.7. The molecule has 0 aliphatic carbocycles. The summed E-state index contributed by atoms with van der Waals surface area (Å²) in [6.07, 6.45) is -4.72. The van der Waals surface area contributed by atoms with E-state index in [1.165, 1.54) is 24.3 Å². The molecule has 1 fully saturated rings. The first-order valence-corrected chi connectivity index (χ1v) is 9.77. The van der Waals surface area contributed by atoms with Crippen LogP contribution in [0, 0.1) is 6.92 Å². The van der Waals surface area contributed by atoms with Crippen molar-refractivity contribution in [2.75, 3.05) is 16.8 Å². The van der Waals surface area contributed by atoms with E-state index in [2.05, 4.69) is 20.1 Å². The van der Waals surface area contributed by atoms with Crippen LogP contribution in [-0.4, -0.2) is 38.7 Å². The number of hydrogen-bond acceptors (Lipinski definition) is 5. The maximum absolute atomic E-state index is 12.4. The molecule has 0 spiro atoms. The van der Waals surface area contributed by atoms with E-state index in [4.69, 9.17) is 0 Å². The van der Waals surface area contributed by atoms with Gasteiger partial charge in [-0.05, 0) is 31.2 Å². The van der Waals surface area contributed by atoms with E-state index in [1.54, 1.807) is 4.68 Å². The van der Waals surface area contributed by atoms with E-state index in [-0.39, 0.29) is 5.75 Å². The second-order valence-electron chi connectivity index (χ2n) is 6.46. The van der Waals surface area contributed by atoms with Crippen molar-refractivity contribution in [2.24, 2.45) is 0 Å². The van der Waals surface area contributed by atoms with Crippen molar-refractivity contribution in [3.8, 4) is 22.8 Å². The molecule has 0 radical (unpaired) electrons. The molecule has 0 saturated carbocycles. The number of thioether (sulfide) groups is 1. The molecule has 0 bridgehead atoms. The molecular weight excluding hydrogens is 389 g/mol. The van der Waals surface area contributed by atoms with Crippen LogP contribution in [0.15, 0.2) is 48.5 Å². The molecule has 1 saturated heterocycles. The van der Waals surface area contributed by atoms with E-state index in [1.807, 2.05) is 43.0 Å². The summed E-state index contributed by atoms with van der Waals surface area (Å²) in [4.78, 5) is 4.61. The number of aryl methyl sites for hydroxylation is 1. The molecule has 3 aromatic rings. The number of benzene rings is 2. The van der Waals surface area contributed by atoms with Crippen LogP contribution in [0.5, 0.6) is 5.75 Å². The summed E-state index contributed by atoms with van der Waals surface area (Å²) < 4.78 is 42.7. The summed E-state index contributed by atoms with van der Waals surface area (Å²) in [7, 11) is 0. The summed E-state index contributed by atoms with van der Waals surface area (Å²) in [5.41, 5.74) is 2.59. The van der Waals surface area contributed by atoms with Gasteiger partial charge in [-0.15, -0.1) is 18.3 Å². The third-order valence-corrected chi connectivity index (χ3v) is 5.48. The Bertz CT molecular complexity index is 951. The van der Waals surface area contributed by atoms with Gasteiger partial charge in [0.25, 0.3) is 0 Å². The molecule has 1 aliphatic rings. The van der Waals surface area contributed by atoms with Gasteiger partial charge in [0.1, 0.15) is 5.75 Å². The van der Waals surface area contributed by atoms with Crippen molar-refractivity contribution in [3.05, 3.63) is 54.1 Å². The molecule has 2 heterocycles. The number of halogens is 3. The van der Waals surface area contributed by atoms with Crippen molar-refractivity contribution < 1.29 is 17.9 Å². The standard InChI is InChI=1S/C19H17F3N4OS/c1-12-2-4-13(5-3-12)17-24-18(23-14-10-28-11-14)26(25-17)15-6-8-16(9-7-15)27-19(20,21)22/h2-9,14H,10-11H2,1H3,(H,23,24,25). The predicted octanol–water partition coefficient (Wildman–Crippen LogP) is 4.67. The van der Waals surface area contributed by atoms with Crippen LogP contribution in [-0.2, 0) is 0 Å². The number of anilines is 1. The highest BCUT2D eigenvalue weighted by Crippen LogP contribution is 2.28. The zero-order valence-electron chi connectivity index (χ0n) is 14.9. The SMILES string of the molecule is Cc1ccc(-c2nc(NC3CSC3)n(-c3ccc(OC(F)(F)F)cc3)n2)cc1. The lowest BCUT2D eigenvalue weighted by atomic mass is 10.1. The average molecular weight is 406 g/mol. The normalized spacial score (nSPS) is 14.6. The van der Waals surface area contributed by atoms with E-state index in [0.717, 1.165) is 22.6 Å². The van der Waals surface area contributed by atoms with E-state index < -0.39 is 6.36 Å². The zero-order valence-corrected chi connectivity index (χ0v) is 15.7. The quantitative estimate of drug-likeness (QED) is 0.667. The molecule has 5 nitrogen and oxygen atoms in total. The third kappa shape index (κ3) is 4.24. The Morgan fingerprint density at radius 2 is 1.75 bits per heavy atom. The Morgan fingerprint density at radius 3 is 2.32 bits per heavy atom.